The Bertz CT molecular complexity index is 1030. The van der Waals surface area contributed by atoms with Crippen LogP contribution in [0.2, 0.25) is 0 Å². The molecule has 0 aromatic heterocycles. The van der Waals surface area contributed by atoms with Crippen molar-refractivity contribution in [1.82, 2.24) is 10.6 Å². The van der Waals surface area contributed by atoms with E-state index < -0.39 is 11.9 Å². The lowest BCUT2D eigenvalue weighted by molar-refractivity contribution is -0.135. The maximum Gasteiger partial charge on any atom is 0.313 e. The first-order chi connectivity index (χ1) is 25.5. The fourth-order valence-electron chi connectivity index (χ4n) is 3.68. The van der Waals surface area contributed by atoms with Gasteiger partial charge in [-0.3, -0.25) is 14.4 Å². The first-order valence-corrected chi connectivity index (χ1v) is 17.8. The number of hydrogen-bond acceptors (Lipinski definition) is 15. The summed E-state index contributed by atoms with van der Waals surface area (Å²) >= 11 is 4.65. The molecular formula is C34H57N3O14S. The van der Waals surface area contributed by atoms with E-state index in [2.05, 4.69) is 22.9 Å². The number of rotatable bonds is 39. The van der Waals surface area contributed by atoms with Gasteiger partial charge in [0.05, 0.1) is 144 Å². The smallest absolute Gasteiger partial charge is 0.313 e. The predicted molar refractivity (Wildman–Crippen MR) is 193 cm³/mol. The summed E-state index contributed by atoms with van der Waals surface area (Å²) in [4.78, 5) is 35.0. The van der Waals surface area contributed by atoms with Crippen molar-refractivity contribution in [2.75, 3.05) is 145 Å². The van der Waals surface area contributed by atoms with Gasteiger partial charge < -0.3 is 68.5 Å². The summed E-state index contributed by atoms with van der Waals surface area (Å²) in [6.07, 6.45) is 0.268. The number of benzene rings is 1. The van der Waals surface area contributed by atoms with E-state index in [9.17, 15) is 14.4 Å². The Morgan fingerprint density at radius 1 is 0.519 bits per heavy atom. The Balaban J connectivity index is 1.88. The average molecular weight is 764 g/mol. The zero-order chi connectivity index (χ0) is 37.6. The van der Waals surface area contributed by atoms with E-state index in [0.717, 1.165) is 0 Å². The minimum atomic E-state index is -0.447. The SMILES string of the molecule is NC(=O)CCOCCOCCOCCOCCNC(=O)c1ccc(OC(=O)CCOCCOCCOCCOCCOCCOCCNC=S)cc1. The highest BCUT2D eigenvalue weighted by Crippen LogP contribution is 2.13. The molecule has 52 heavy (non-hydrogen) atoms. The molecule has 18 heteroatoms. The molecule has 1 aromatic carbocycles. The molecule has 1 aromatic rings. The highest BCUT2D eigenvalue weighted by atomic mass is 32.1. The van der Waals surface area contributed by atoms with Crippen LogP contribution in [0.25, 0.3) is 0 Å². The van der Waals surface area contributed by atoms with Crippen molar-refractivity contribution >= 4 is 35.5 Å². The monoisotopic (exact) mass is 763 g/mol. The molecular weight excluding hydrogens is 706 g/mol. The minimum Gasteiger partial charge on any atom is -0.426 e. The zero-order valence-corrected chi connectivity index (χ0v) is 30.9. The van der Waals surface area contributed by atoms with Gasteiger partial charge in [0.25, 0.3) is 5.91 Å². The Kier molecular flexibility index (Phi) is 33.1. The average Bonchev–Trinajstić information content (AvgIpc) is 3.14. The number of esters is 1. The maximum absolute atomic E-state index is 12.3. The molecule has 17 nitrogen and oxygen atoms in total. The van der Waals surface area contributed by atoms with Crippen molar-refractivity contribution in [3.63, 3.8) is 0 Å². The molecule has 0 heterocycles. The number of thiocarbonyl (C=S) groups is 1. The van der Waals surface area contributed by atoms with Gasteiger partial charge in [-0.25, -0.2) is 0 Å². The van der Waals surface area contributed by atoms with E-state index >= 15 is 0 Å². The molecule has 0 spiro atoms. The third-order valence-corrected chi connectivity index (χ3v) is 6.44. The molecule has 1 rings (SSSR count). The highest BCUT2D eigenvalue weighted by Gasteiger charge is 2.08. The topological polar surface area (TPSA) is 203 Å². The number of carbonyl (C=O) groups excluding carboxylic acids is 3. The van der Waals surface area contributed by atoms with Crippen LogP contribution in [-0.4, -0.2) is 169 Å². The molecule has 0 atom stereocenters. The van der Waals surface area contributed by atoms with E-state index in [0.29, 0.717) is 143 Å². The van der Waals surface area contributed by atoms with Crippen LogP contribution in [0.3, 0.4) is 0 Å². The van der Waals surface area contributed by atoms with Crippen LogP contribution in [-0.2, 0) is 57.0 Å². The van der Waals surface area contributed by atoms with Gasteiger partial charge in [0.15, 0.2) is 0 Å². The van der Waals surface area contributed by atoms with Crippen molar-refractivity contribution in [3.8, 4) is 5.75 Å². The van der Waals surface area contributed by atoms with Crippen molar-refractivity contribution < 1.29 is 66.5 Å². The summed E-state index contributed by atoms with van der Waals surface area (Å²) in [6.45, 7) is 9.32. The van der Waals surface area contributed by atoms with Crippen LogP contribution >= 0.6 is 12.2 Å². The van der Waals surface area contributed by atoms with Crippen LogP contribution in [0.1, 0.15) is 23.2 Å². The van der Waals surface area contributed by atoms with Crippen LogP contribution in [0.4, 0.5) is 0 Å². The first-order valence-electron chi connectivity index (χ1n) is 17.3. The Morgan fingerprint density at radius 3 is 1.29 bits per heavy atom. The molecule has 298 valence electrons. The molecule has 0 aliphatic rings. The van der Waals surface area contributed by atoms with Crippen molar-refractivity contribution in [3.05, 3.63) is 29.8 Å². The molecule has 0 aliphatic heterocycles. The van der Waals surface area contributed by atoms with Crippen molar-refractivity contribution in [2.45, 2.75) is 12.8 Å². The second kappa shape index (κ2) is 36.5. The Hall–Kier alpha value is -2.88. The van der Waals surface area contributed by atoms with Crippen LogP contribution in [0.15, 0.2) is 24.3 Å². The number of amides is 2. The Labute approximate surface area is 311 Å². The fraction of sp³-hybridized carbons (Fsp3) is 0.706. The maximum atomic E-state index is 12.3. The molecule has 0 bridgehead atoms. The van der Waals surface area contributed by atoms with E-state index in [1.54, 1.807) is 24.3 Å². The van der Waals surface area contributed by atoms with E-state index in [1.165, 1.54) is 5.49 Å². The van der Waals surface area contributed by atoms with Gasteiger partial charge in [-0.15, -0.1) is 0 Å². The molecule has 0 unspecified atom stereocenters. The van der Waals surface area contributed by atoms with Gasteiger partial charge in [-0.2, -0.15) is 0 Å². The summed E-state index contributed by atoms with van der Waals surface area (Å²) in [7, 11) is 0. The van der Waals surface area contributed by atoms with Crippen LogP contribution in [0.5, 0.6) is 5.75 Å². The zero-order valence-electron chi connectivity index (χ0n) is 30.1. The van der Waals surface area contributed by atoms with Crippen LogP contribution in [0, 0.1) is 0 Å². The second-order valence-electron chi connectivity index (χ2n) is 10.4. The van der Waals surface area contributed by atoms with E-state index in [-0.39, 0.29) is 32.0 Å². The molecule has 0 aliphatic carbocycles. The standard InChI is InChI=1S/C34H57N3O14S/c35-32(38)5-9-41-13-17-45-21-23-48-20-16-44-12-8-37-34(40)30-1-3-31(4-2-30)51-33(39)6-10-42-14-18-46-22-25-49-27-28-50-26-24-47-19-15-43-11-7-36-29-52/h1-4,29H,5-28H2,(H2,35,38)(H,36,52)(H,37,40). The lowest BCUT2D eigenvalue weighted by Gasteiger charge is -2.09. The fourth-order valence-corrected chi connectivity index (χ4v) is 3.80. The van der Waals surface area contributed by atoms with Gasteiger partial charge in [0.2, 0.25) is 5.91 Å². The summed E-state index contributed by atoms with van der Waals surface area (Å²) in [6, 6.07) is 6.27. The van der Waals surface area contributed by atoms with E-state index in [1.807, 2.05) is 0 Å². The third-order valence-electron chi connectivity index (χ3n) is 6.27. The molecule has 0 fully saturated rings. The molecule has 0 saturated carbocycles. The molecule has 0 saturated heterocycles. The summed E-state index contributed by atoms with van der Waals surface area (Å²) < 4.78 is 59.2. The van der Waals surface area contributed by atoms with Crippen LogP contribution < -0.4 is 21.1 Å². The van der Waals surface area contributed by atoms with Gasteiger partial charge in [0.1, 0.15) is 5.75 Å². The second-order valence-corrected chi connectivity index (χ2v) is 10.7. The number of nitrogens with one attached hydrogen (secondary N) is 2. The largest absolute Gasteiger partial charge is 0.426 e. The van der Waals surface area contributed by atoms with Gasteiger partial charge in [-0.1, -0.05) is 12.2 Å². The number of carbonyl (C=O) groups is 3. The van der Waals surface area contributed by atoms with Crippen molar-refractivity contribution in [1.29, 1.82) is 0 Å². The first kappa shape index (κ1) is 47.1. The quantitative estimate of drug-likeness (QED) is 0.0357. The van der Waals surface area contributed by atoms with Crippen molar-refractivity contribution in [2.24, 2.45) is 5.73 Å². The molecule has 2 amide bonds. The highest BCUT2D eigenvalue weighted by molar-refractivity contribution is 7.78. The Morgan fingerprint density at radius 2 is 0.885 bits per heavy atom. The number of hydrogen-bond donors (Lipinski definition) is 3. The normalized spacial score (nSPS) is 11.0. The third kappa shape index (κ3) is 31.8. The van der Waals surface area contributed by atoms with Gasteiger partial charge >= 0.3 is 5.97 Å². The minimum absolute atomic E-state index is 0.0752. The summed E-state index contributed by atoms with van der Waals surface area (Å²) in [5.41, 5.74) is 6.91. The predicted octanol–water partition coefficient (Wildman–Crippen LogP) is 0.300. The lowest BCUT2D eigenvalue weighted by atomic mass is 10.2. The van der Waals surface area contributed by atoms with Gasteiger partial charge in [-0.05, 0) is 24.3 Å². The summed E-state index contributed by atoms with van der Waals surface area (Å²) in [5, 5.41) is 5.64. The number of ether oxygens (including phenoxy) is 11. The lowest BCUT2D eigenvalue weighted by Crippen LogP contribution is -2.27. The molecule has 0 radical (unpaired) electrons. The molecule has 4 N–H and O–H groups in total. The van der Waals surface area contributed by atoms with Gasteiger partial charge in [0, 0.05) is 25.1 Å². The summed E-state index contributed by atoms with van der Waals surface area (Å²) in [5.74, 6) is -0.782. The number of nitrogens with two attached hydrogens (primary N) is 1. The van der Waals surface area contributed by atoms with E-state index in [4.69, 9.17) is 57.8 Å². The number of primary amides is 1.